The summed E-state index contributed by atoms with van der Waals surface area (Å²) in [6.07, 6.45) is 7.13. The molecule has 2 amide bonds. The molecule has 0 unspecified atom stereocenters. The quantitative estimate of drug-likeness (QED) is 0.0554. The number of ketones is 3. The number of fused-ring (bicyclic) bond motifs is 5. The first kappa shape index (κ1) is 50.0. The number of nitriles is 1. The number of nitrogens with one attached hydrogen (secondary N) is 1. The van der Waals surface area contributed by atoms with E-state index in [-0.39, 0.29) is 88.5 Å². The highest BCUT2D eigenvalue weighted by Crippen LogP contribution is 2.41. The van der Waals surface area contributed by atoms with Crippen molar-refractivity contribution >= 4 is 29.2 Å². The maximum Gasteiger partial charge on any atom is 0.226 e. The molecule has 8 N–H and O–H groups in total. The van der Waals surface area contributed by atoms with Gasteiger partial charge in [0.15, 0.2) is 17.3 Å². The highest BCUT2D eigenvalue weighted by Gasteiger charge is 2.36. The first-order valence-corrected chi connectivity index (χ1v) is 22.3. The molecule has 4 atom stereocenters. The van der Waals surface area contributed by atoms with Gasteiger partial charge < -0.3 is 42.0 Å². The Morgan fingerprint density at radius 3 is 2.21 bits per heavy atom. The molecule has 0 aliphatic carbocycles. The van der Waals surface area contributed by atoms with Crippen LogP contribution >= 0.6 is 0 Å². The summed E-state index contributed by atoms with van der Waals surface area (Å²) in [5.41, 5.74) is 20.9. The molecule has 340 valence electrons. The lowest BCUT2D eigenvalue weighted by Crippen LogP contribution is -2.46. The predicted octanol–water partition coefficient (Wildman–Crippen LogP) is 5.88. The third-order valence-electron chi connectivity index (χ3n) is 11.5. The summed E-state index contributed by atoms with van der Waals surface area (Å²) in [6, 6.07) is 15.2. The normalized spacial score (nSPS) is 16.9. The number of aryl methyl sites for hydroxylation is 1. The van der Waals surface area contributed by atoms with Gasteiger partial charge in [-0.2, -0.15) is 5.26 Å². The largest absolute Gasteiger partial charge is 0.507 e. The van der Waals surface area contributed by atoms with Gasteiger partial charge in [-0.05, 0) is 85.3 Å². The molecule has 1 aliphatic heterocycles. The van der Waals surface area contributed by atoms with E-state index in [0.29, 0.717) is 33.8 Å². The lowest BCUT2D eigenvalue weighted by molar-refractivity contribution is -0.142. The molecule has 1 aliphatic rings. The molecule has 0 saturated heterocycles. The molecule has 0 saturated carbocycles. The van der Waals surface area contributed by atoms with Gasteiger partial charge in [-0.25, -0.2) is 0 Å². The smallest absolute Gasteiger partial charge is 0.226 e. The van der Waals surface area contributed by atoms with Gasteiger partial charge in [-0.15, -0.1) is 0 Å². The van der Waals surface area contributed by atoms with Crippen LogP contribution in [0.25, 0.3) is 11.1 Å². The van der Waals surface area contributed by atoms with E-state index in [0.717, 1.165) is 31.2 Å². The number of amides is 2. The Morgan fingerprint density at radius 1 is 0.889 bits per heavy atom. The van der Waals surface area contributed by atoms with Crippen molar-refractivity contribution in [3.63, 3.8) is 0 Å². The summed E-state index contributed by atoms with van der Waals surface area (Å²) in [7, 11) is 1.49. The highest BCUT2D eigenvalue weighted by molar-refractivity contribution is 6.01. The van der Waals surface area contributed by atoms with Gasteiger partial charge in [0.25, 0.3) is 0 Å². The van der Waals surface area contributed by atoms with E-state index >= 15 is 0 Å². The first-order valence-electron chi connectivity index (χ1n) is 22.3. The standard InChI is InChI=1S/C49H66N6O8/c1-4-5-6-7-8-9-11-33-13-16-37(42(57)29-33)43(58)31-36(19-21-51)49(61)55(3)47-35-15-18-46(63-25-23-53)39(30-35)38-27-34(14-17-45(38)62-24-22-52)28-40(41(56)12-10-20-50)54-48(60)32(2)26-44(47)59/h13-18,27,29-30,32,36,40,47,57H,4-12,19,21-26,28,31,51-53H2,1-3H3,(H,54,60)/t32-,36-,40+,47+/m1/s1. The molecule has 4 rings (SSSR count). The van der Waals surface area contributed by atoms with Crippen molar-refractivity contribution < 1.29 is 38.6 Å². The minimum atomic E-state index is -1.24. The molecule has 0 fully saturated rings. The van der Waals surface area contributed by atoms with Crippen LogP contribution in [0, 0.1) is 23.2 Å². The van der Waals surface area contributed by atoms with Gasteiger partial charge in [-0.1, -0.05) is 64.2 Å². The van der Waals surface area contributed by atoms with E-state index < -0.39 is 47.3 Å². The maximum absolute atomic E-state index is 14.6. The van der Waals surface area contributed by atoms with Crippen LogP contribution in [0.5, 0.6) is 17.2 Å². The fraction of sp³-hybridized carbons (Fsp3) is 0.510. The Kier molecular flexibility index (Phi) is 20.2. The number of nitrogens with zero attached hydrogens (tertiary/aromatic N) is 2. The number of aromatic hydroxyl groups is 1. The molecule has 4 bridgehead atoms. The Hall–Kier alpha value is -5.62. The molecule has 14 nitrogen and oxygen atoms in total. The minimum Gasteiger partial charge on any atom is -0.507 e. The maximum atomic E-state index is 14.6. The number of carbonyl (C=O) groups excluding carboxylic acids is 5. The van der Waals surface area contributed by atoms with Crippen LogP contribution in [-0.4, -0.2) is 85.1 Å². The van der Waals surface area contributed by atoms with Crippen molar-refractivity contribution in [2.45, 2.75) is 109 Å². The van der Waals surface area contributed by atoms with Gasteiger partial charge in [0, 0.05) is 68.8 Å². The number of unbranched alkanes of at least 4 members (excludes halogenated alkanes) is 5. The third-order valence-corrected chi connectivity index (χ3v) is 11.5. The van der Waals surface area contributed by atoms with E-state index in [1.54, 1.807) is 49.4 Å². The van der Waals surface area contributed by atoms with E-state index in [1.807, 2.05) is 18.2 Å². The fourth-order valence-electron chi connectivity index (χ4n) is 8.05. The Morgan fingerprint density at radius 2 is 1.56 bits per heavy atom. The van der Waals surface area contributed by atoms with Crippen molar-refractivity contribution in [3.05, 3.63) is 76.9 Å². The second kappa shape index (κ2) is 25.5. The zero-order chi connectivity index (χ0) is 45.9. The van der Waals surface area contributed by atoms with Crippen LogP contribution < -0.4 is 32.0 Å². The van der Waals surface area contributed by atoms with Crippen LogP contribution in [0.1, 0.15) is 118 Å². The molecule has 0 spiro atoms. The van der Waals surface area contributed by atoms with Gasteiger partial charge in [0.1, 0.15) is 36.5 Å². The number of carbonyl (C=O) groups is 5. The number of Topliss-reactive ketones (excluding diaryl/α,β-unsaturated/α-hetero) is 3. The molecule has 63 heavy (non-hydrogen) atoms. The number of hydrogen-bond donors (Lipinski definition) is 5. The number of phenols is 1. The lowest BCUT2D eigenvalue weighted by atomic mass is 9.88. The summed E-state index contributed by atoms with van der Waals surface area (Å²) in [4.78, 5) is 71.6. The topological polar surface area (TPSA) is 241 Å². The van der Waals surface area contributed by atoms with Crippen LogP contribution in [0.4, 0.5) is 0 Å². The van der Waals surface area contributed by atoms with E-state index in [9.17, 15) is 34.3 Å². The molecular weight excluding hydrogens is 801 g/mol. The number of nitrogens with two attached hydrogens (primary N) is 3. The summed E-state index contributed by atoms with van der Waals surface area (Å²) in [5.74, 6) is -3.47. The van der Waals surface area contributed by atoms with E-state index in [4.69, 9.17) is 26.7 Å². The van der Waals surface area contributed by atoms with Crippen LogP contribution in [-0.2, 0) is 32.0 Å². The van der Waals surface area contributed by atoms with Crippen molar-refractivity contribution in [2.75, 3.05) is 39.9 Å². The van der Waals surface area contributed by atoms with Crippen LogP contribution in [0.3, 0.4) is 0 Å². The Balaban J connectivity index is 1.76. The zero-order valence-corrected chi connectivity index (χ0v) is 37.2. The van der Waals surface area contributed by atoms with Crippen molar-refractivity contribution in [2.24, 2.45) is 29.0 Å². The second-order valence-electron chi connectivity index (χ2n) is 16.4. The molecule has 3 aromatic rings. The average molecular weight is 867 g/mol. The molecule has 1 heterocycles. The monoisotopic (exact) mass is 866 g/mol. The highest BCUT2D eigenvalue weighted by atomic mass is 16.5. The number of rotatable bonds is 23. The van der Waals surface area contributed by atoms with Crippen LogP contribution in [0.2, 0.25) is 0 Å². The molecule has 3 aromatic carbocycles. The van der Waals surface area contributed by atoms with Crippen LogP contribution in [0.15, 0.2) is 54.6 Å². The van der Waals surface area contributed by atoms with E-state index in [2.05, 4.69) is 12.2 Å². The van der Waals surface area contributed by atoms with Crippen molar-refractivity contribution in [1.82, 2.24) is 10.2 Å². The minimum absolute atomic E-state index is 0.0312. The number of benzene rings is 3. The van der Waals surface area contributed by atoms with Gasteiger partial charge in [-0.3, -0.25) is 24.0 Å². The van der Waals surface area contributed by atoms with Gasteiger partial charge >= 0.3 is 0 Å². The Bertz CT molecular complexity index is 2080. The second-order valence-corrected chi connectivity index (χ2v) is 16.4. The number of likely N-dealkylation sites (N-methyl/N-ethyl adjacent to an activating group) is 1. The van der Waals surface area contributed by atoms with Gasteiger partial charge in [0.05, 0.1) is 17.7 Å². The summed E-state index contributed by atoms with van der Waals surface area (Å²) in [6.45, 7) is 4.60. The van der Waals surface area contributed by atoms with Gasteiger partial charge in [0.2, 0.25) is 11.8 Å². The summed E-state index contributed by atoms with van der Waals surface area (Å²) < 4.78 is 12.2. The SMILES string of the molecule is CCCCCCCCc1ccc(C(=O)C[C@@H](CCN)C(=O)N(C)[C@@H]2C(=O)C[C@@H](C)C(=O)N[C@H](C(=O)CCC#N)Cc3ccc(OCCN)c(c3)-c3cc2ccc3OCCN)c(O)c1. The number of ether oxygens (including phenoxy) is 2. The third kappa shape index (κ3) is 14.2. The zero-order valence-electron chi connectivity index (χ0n) is 37.2. The average Bonchev–Trinajstić information content (AvgIpc) is 3.27. The molecule has 14 heteroatoms. The summed E-state index contributed by atoms with van der Waals surface area (Å²) in [5, 5.41) is 23.0. The molecule has 0 radical (unpaired) electrons. The first-order chi connectivity index (χ1) is 30.4. The number of hydrogen-bond acceptors (Lipinski definition) is 12. The number of phenolic OH excluding ortho intramolecular Hbond substituents is 1. The lowest BCUT2D eigenvalue weighted by Gasteiger charge is -2.32. The van der Waals surface area contributed by atoms with Crippen molar-refractivity contribution in [1.29, 1.82) is 5.26 Å². The summed E-state index contributed by atoms with van der Waals surface area (Å²) >= 11 is 0. The molecular formula is C49H66N6O8. The van der Waals surface area contributed by atoms with E-state index in [1.165, 1.54) is 31.2 Å². The predicted molar refractivity (Wildman–Crippen MR) is 242 cm³/mol. The Labute approximate surface area is 371 Å². The fourth-order valence-corrected chi connectivity index (χ4v) is 8.05. The molecule has 0 aromatic heterocycles. The van der Waals surface area contributed by atoms with Crippen molar-refractivity contribution in [3.8, 4) is 34.4 Å².